The van der Waals surface area contributed by atoms with Crippen LogP contribution in [0.2, 0.25) is 5.02 Å². The maximum absolute atomic E-state index is 5.97. The van der Waals surface area contributed by atoms with Crippen molar-refractivity contribution in [3.63, 3.8) is 0 Å². The zero-order chi connectivity index (χ0) is 14.9. The lowest BCUT2D eigenvalue weighted by molar-refractivity contribution is -1.02. The smallest absolute Gasteiger partial charge is 0.127 e. The number of halogens is 1. The summed E-state index contributed by atoms with van der Waals surface area (Å²) in [6.45, 7) is 7.89. The van der Waals surface area contributed by atoms with Gasteiger partial charge in [0.05, 0.1) is 6.54 Å². The monoisotopic (exact) mass is 318 g/mol. The van der Waals surface area contributed by atoms with E-state index in [1.165, 1.54) is 51.1 Å². The van der Waals surface area contributed by atoms with Crippen molar-refractivity contribution in [3.8, 4) is 0 Å². The van der Waals surface area contributed by atoms with Gasteiger partial charge in [-0.15, -0.1) is 0 Å². The number of hydrogen-bond donors (Lipinski definition) is 2. The third kappa shape index (κ3) is 3.24. The lowest BCUT2D eigenvalue weighted by atomic mass is 9.93. The Morgan fingerprint density at radius 1 is 0.909 bits per heavy atom. The maximum atomic E-state index is 5.97. The first-order chi connectivity index (χ1) is 10.8. The van der Waals surface area contributed by atoms with Crippen molar-refractivity contribution in [3.05, 3.63) is 47.0 Å². The van der Waals surface area contributed by atoms with Gasteiger partial charge in [0.2, 0.25) is 0 Å². The zero-order valence-electron chi connectivity index (χ0n) is 13.2. The van der Waals surface area contributed by atoms with Crippen molar-refractivity contribution in [2.45, 2.75) is 19.4 Å². The highest BCUT2D eigenvalue weighted by atomic mass is 35.5. The van der Waals surface area contributed by atoms with Gasteiger partial charge in [0.25, 0.3) is 0 Å². The van der Waals surface area contributed by atoms with Crippen LogP contribution in [0.3, 0.4) is 0 Å². The number of fused-ring (bicyclic) bond motifs is 2. The Morgan fingerprint density at radius 2 is 1.64 bits per heavy atom. The van der Waals surface area contributed by atoms with Crippen LogP contribution in [0.4, 0.5) is 0 Å². The second-order valence-corrected chi connectivity index (χ2v) is 7.98. The molecule has 2 nitrogen and oxygen atoms in total. The summed E-state index contributed by atoms with van der Waals surface area (Å²) in [6.07, 6.45) is 7.88. The van der Waals surface area contributed by atoms with Gasteiger partial charge in [-0.25, -0.2) is 0 Å². The van der Waals surface area contributed by atoms with Crippen LogP contribution in [0, 0.1) is 17.8 Å². The normalized spacial score (nSPS) is 36.9. The number of hydrogen-bond acceptors (Lipinski definition) is 0. The summed E-state index contributed by atoms with van der Waals surface area (Å²) in [5.74, 6) is 2.81. The molecule has 3 aliphatic rings. The first-order valence-electron chi connectivity index (χ1n) is 8.86. The fourth-order valence-corrected chi connectivity index (χ4v) is 4.86. The molecule has 1 saturated carbocycles. The molecular formula is C19H27ClN2+2. The molecule has 3 heteroatoms. The lowest BCUT2D eigenvalue weighted by Crippen LogP contribution is -3.27. The second kappa shape index (κ2) is 6.35. The molecule has 3 atom stereocenters. The van der Waals surface area contributed by atoms with Gasteiger partial charge in [-0.2, -0.15) is 0 Å². The minimum absolute atomic E-state index is 0.841. The fraction of sp³-hybridized carbons (Fsp3) is 0.579. The third-order valence-electron chi connectivity index (χ3n) is 6.00. The van der Waals surface area contributed by atoms with Crippen molar-refractivity contribution in [1.82, 2.24) is 0 Å². The minimum Gasteiger partial charge on any atom is -0.325 e. The fourth-order valence-electron chi connectivity index (χ4n) is 4.73. The van der Waals surface area contributed by atoms with Crippen LogP contribution in [-0.4, -0.2) is 32.7 Å². The quantitative estimate of drug-likeness (QED) is 0.761. The molecule has 1 aliphatic heterocycles. The Balaban J connectivity index is 1.24. The molecule has 2 fully saturated rings. The van der Waals surface area contributed by atoms with Crippen LogP contribution in [0.5, 0.6) is 0 Å². The topological polar surface area (TPSA) is 8.88 Å². The number of rotatable bonds is 4. The van der Waals surface area contributed by atoms with E-state index in [4.69, 9.17) is 11.6 Å². The number of allylic oxidation sites excluding steroid dienone is 2. The Kier molecular flexibility index (Phi) is 4.25. The summed E-state index contributed by atoms with van der Waals surface area (Å²) >= 11 is 5.97. The van der Waals surface area contributed by atoms with E-state index < -0.39 is 0 Å². The summed E-state index contributed by atoms with van der Waals surface area (Å²) in [7, 11) is 0. The van der Waals surface area contributed by atoms with E-state index in [2.05, 4.69) is 24.3 Å². The third-order valence-corrected chi connectivity index (χ3v) is 6.25. The minimum atomic E-state index is 0.841. The van der Waals surface area contributed by atoms with E-state index in [-0.39, 0.29) is 0 Å². The standard InChI is InChI=1S/C19H25ClN2/c20-19-5-2-15(3-6-19)13-21-7-9-22(10-8-21)14-18-12-16-1-4-17(18)11-16/h1-6,16-18H,7-14H2/p+2/t16-,17-,18+/m0/s1. The molecular weight excluding hydrogens is 292 g/mol. The molecule has 2 aliphatic carbocycles. The molecule has 0 unspecified atom stereocenters. The van der Waals surface area contributed by atoms with Crippen molar-refractivity contribution in [2.24, 2.45) is 17.8 Å². The van der Waals surface area contributed by atoms with E-state index in [0.717, 1.165) is 29.3 Å². The van der Waals surface area contributed by atoms with Gasteiger partial charge in [-0.1, -0.05) is 35.9 Å². The highest BCUT2D eigenvalue weighted by Gasteiger charge is 2.38. The van der Waals surface area contributed by atoms with Gasteiger partial charge in [0.1, 0.15) is 32.7 Å². The van der Waals surface area contributed by atoms with Crippen LogP contribution >= 0.6 is 11.6 Å². The second-order valence-electron chi connectivity index (χ2n) is 7.55. The molecule has 0 aromatic heterocycles. The molecule has 0 spiro atoms. The SMILES string of the molecule is Clc1ccc(C[NH+]2CC[NH+](C[C@H]3C[C@H]4C=C[C@H]3C4)CC2)cc1. The van der Waals surface area contributed by atoms with Crippen LogP contribution in [0.25, 0.3) is 0 Å². The van der Waals surface area contributed by atoms with Crippen molar-refractivity contribution >= 4 is 11.6 Å². The van der Waals surface area contributed by atoms with Crippen LogP contribution in [0.1, 0.15) is 18.4 Å². The van der Waals surface area contributed by atoms with Gasteiger partial charge < -0.3 is 9.80 Å². The Labute approximate surface area is 138 Å². The van der Waals surface area contributed by atoms with Gasteiger partial charge in [-0.05, 0) is 36.8 Å². The molecule has 118 valence electrons. The van der Waals surface area contributed by atoms with Crippen LogP contribution in [-0.2, 0) is 6.54 Å². The highest BCUT2D eigenvalue weighted by Crippen LogP contribution is 2.42. The number of nitrogens with one attached hydrogen (secondary N) is 2. The molecule has 2 N–H and O–H groups in total. The maximum Gasteiger partial charge on any atom is 0.127 e. The van der Waals surface area contributed by atoms with E-state index >= 15 is 0 Å². The molecule has 1 saturated heterocycles. The molecule has 1 aromatic rings. The molecule has 1 aromatic carbocycles. The van der Waals surface area contributed by atoms with Crippen molar-refractivity contribution in [1.29, 1.82) is 0 Å². The molecule has 22 heavy (non-hydrogen) atoms. The molecule has 0 radical (unpaired) electrons. The Bertz CT molecular complexity index is 531. The predicted molar refractivity (Wildman–Crippen MR) is 90.3 cm³/mol. The summed E-state index contributed by atoms with van der Waals surface area (Å²) in [6, 6.07) is 8.38. The van der Waals surface area contributed by atoms with E-state index in [0.29, 0.717) is 0 Å². The van der Waals surface area contributed by atoms with Crippen LogP contribution < -0.4 is 9.80 Å². The van der Waals surface area contributed by atoms with E-state index in [1.54, 1.807) is 4.90 Å². The molecule has 1 heterocycles. The summed E-state index contributed by atoms with van der Waals surface area (Å²) in [5, 5.41) is 0.841. The summed E-state index contributed by atoms with van der Waals surface area (Å²) in [5.41, 5.74) is 1.42. The molecule has 0 amide bonds. The number of benzene rings is 1. The first-order valence-corrected chi connectivity index (χ1v) is 9.24. The Morgan fingerprint density at radius 3 is 2.27 bits per heavy atom. The summed E-state index contributed by atoms with van der Waals surface area (Å²) in [4.78, 5) is 3.59. The average molecular weight is 319 g/mol. The van der Waals surface area contributed by atoms with Gasteiger partial charge in [0.15, 0.2) is 0 Å². The largest absolute Gasteiger partial charge is 0.325 e. The van der Waals surface area contributed by atoms with Crippen molar-refractivity contribution < 1.29 is 9.80 Å². The average Bonchev–Trinajstić information content (AvgIpc) is 3.14. The van der Waals surface area contributed by atoms with Gasteiger partial charge in [0, 0.05) is 16.5 Å². The van der Waals surface area contributed by atoms with Crippen LogP contribution in [0.15, 0.2) is 36.4 Å². The molecule has 2 bridgehead atoms. The summed E-state index contributed by atoms with van der Waals surface area (Å²) < 4.78 is 0. The molecule has 4 rings (SSSR count). The zero-order valence-corrected chi connectivity index (χ0v) is 14.0. The lowest BCUT2D eigenvalue weighted by Gasteiger charge is -2.32. The van der Waals surface area contributed by atoms with E-state index in [1.807, 2.05) is 17.0 Å². The van der Waals surface area contributed by atoms with Gasteiger partial charge >= 0.3 is 0 Å². The highest BCUT2D eigenvalue weighted by molar-refractivity contribution is 6.30. The van der Waals surface area contributed by atoms with E-state index in [9.17, 15) is 0 Å². The first kappa shape index (κ1) is 14.7. The number of piperazine rings is 1. The van der Waals surface area contributed by atoms with Gasteiger partial charge in [-0.3, -0.25) is 0 Å². The Hall–Kier alpha value is -0.830. The predicted octanol–water partition coefficient (Wildman–Crippen LogP) is 0.836. The number of quaternary nitrogens is 2. The van der Waals surface area contributed by atoms with Crippen molar-refractivity contribution in [2.75, 3.05) is 32.7 Å².